The Hall–Kier alpha value is -2.13. The van der Waals surface area contributed by atoms with Crippen LogP contribution in [0.5, 0.6) is 0 Å². The van der Waals surface area contributed by atoms with E-state index >= 15 is 0 Å². The Labute approximate surface area is 175 Å². The third kappa shape index (κ3) is 5.70. The first-order chi connectivity index (χ1) is 14.1. The number of amides is 1. The quantitative estimate of drug-likeness (QED) is 0.669. The van der Waals surface area contributed by atoms with Crippen molar-refractivity contribution >= 4 is 5.91 Å². The Morgan fingerprint density at radius 3 is 2.31 bits per heavy atom. The predicted molar refractivity (Wildman–Crippen MR) is 119 cm³/mol. The minimum atomic E-state index is 0.163. The lowest BCUT2D eigenvalue weighted by Gasteiger charge is -2.29. The molecule has 2 aromatic rings. The maximum atomic E-state index is 13.1. The molecule has 0 spiro atoms. The summed E-state index contributed by atoms with van der Waals surface area (Å²) in [5.74, 6) is 1.66. The number of rotatable bonds is 7. The molecule has 0 bridgehead atoms. The second kappa shape index (κ2) is 9.13. The summed E-state index contributed by atoms with van der Waals surface area (Å²) in [6, 6.07) is 17.0. The van der Waals surface area contributed by atoms with Gasteiger partial charge in [0, 0.05) is 18.7 Å². The van der Waals surface area contributed by atoms with Gasteiger partial charge in [-0.25, -0.2) is 0 Å². The molecule has 0 radical (unpaired) electrons. The molecular formula is C26H34N2O. The van der Waals surface area contributed by atoms with E-state index in [1.807, 2.05) is 31.2 Å². The van der Waals surface area contributed by atoms with Crippen molar-refractivity contribution in [3.05, 3.63) is 70.8 Å². The van der Waals surface area contributed by atoms with E-state index in [0.29, 0.717) is 12.5 Å². The Morgan fingerprint density at radius 2 is 1.66 bits per heavy atom. The molecule has 4 rings (SSSR count). The minimum Gasteiger partial charge on any atom is -0.334 e. The van der Waals surface area contributed by atoms with Crippen molar-refractivity contribution in [1.29, 1.82) is 0 Å². The van der Waals surface area contributed by atoms with Gasteiger partial charge in [-0.15, -0.1) is 0 Å². The highest BCUT2D eigenvalue weighted by Gasteiger charge is 2.27. The molecule has 0 unspecified atom stereocenters. The van der Waals surface area contributed by atoms with E-state index in [1.54, 1.807) is 0 Å². The van der Waals surface area contributed by atoms with Gasteiger partial charge in [0.05, 0.1) is 0 Å². The van der Waals surface area contributed by atoms with E-state index in [2.05, 4.69) is 41.1 Å². The van der Waals surface area contributed by atoms with E-state index in [1.165, 1.54) is 56.3 Å². The molecule has 3 nitrogen and oxygen atoms in total. The molecule has 2 fully saturated rings. The summed E-state index contributed by atoms with van der Waals surface area (Å²) >= 11 is 0. The Balaban J connectivity index is 1.40. The first-order valence-electron chi connectivity index (χ1n) is 11.2. The number of carbonyl (C=O) groups is 1. The highest BCUT2D eigenvalue weighted by Crippen LogP contribution is 2.31. The second-order valence-corrected chi connectivity index (χ2v) is 9.27. The number of benzene rings is 2. The number of likely N-dealkylation sites (tertiary alicyclic amines) is 1. The normalized spacial score (nSPS) is 18.0. The average Bonchev–Trinajstić information content (AvgIpc) is 3.54. The standard InChI is InChI=1S/C26H34N2O/c1-20-4-3-5-25(16-20)26(29)28(19-24-10-11-24)18-23-8-6-21(7-9-23)17-22-12-14-27(2)15-13-22/h3-9,16,22,24H,10-15,17-19H2,1-2H3. The number of carbonyl (C=O) groups excluding carboxylic acids is 1. The van der Waals surface area contributed by atoms with Crippen molar-refractivity contribution in [2.24, 2.45) is 11.8 Å². The lowest BCUT2D eigenvalue weighted by Crippen LogP contribution is -2.32. The van der Waals surface area contributed by atoms with Crippen molar-refractivity contribution in [3.63, 3.8) is 0 Å². The topological polar surface area (TPSA) is 23.6 Å². The number of hydrogen-bond acceptors (Lipinski definition) is 2. The molecule has 1 heterocycles. The molecular weight excluding hydrogens is 356 g/mol. The van der Waals surface area contributed by atoms with Crippen molar-refractivity contribution in [2.75, 3.05) is 26.7 Å². The Kier molecular flexibility index (Phi) is 6.34. The molecule has 1 amide bonds. The van der Waals surface area contributed by atoms with Gasteiger partial charge in [0.2, 0.25) is 0 Å². The summed E-state index contributed by atoms with van der Waals surface area (Å²) in [5.41, 5.74) is 4.62. The van der Waals surface area contributed by atoms with Crippen LogP contribution in [0.25, 0.3) is 0 Å². The van der Waals surface area contributed by atoms with E-state index < -0.39 is 0 Å². The van der Waals surface area contributed by atoms with Crippen LogP contribution in [0.4, 0.5) is 0 Å². The molecule has 2 aliphatic rings. The summed E-state index contributed by atoms with van der Waals surface area (Å²) in [4.78, 5) is 17.6. The van der Waals surface area contributed by atoms with Crippen molar-refractivity contribution in [1.82, 2.24) is 9.80 Å². The van der Waals surface area contributed by atoms with Crippen LogP contribution in [0.15, 0.2) is 48.5 Å². The molecule has 0 N–H and O–H groups in total. The van der Waals surface area contributed by atoms with Gasteiger partial charge in [-0.1, -0.05) is 42.0 Å². The van der Waals surface area contributed by atoms with Gasteiger partial charge < -0.3 is 9.80 Å². The van der Waals surface area contributed by atoms with Crippen LogP contribution >= 0.6 is 0 Å². The smallest absolute Gasteiger partial charge is 0.254 e. The van der Waals surface area contributed by atoms with E-state index in [4.69, 9.17) is 0 Å². The zero-order valence-corrected chi connectivity index (χ0v) is 17.9. The van der Waals surface area contributed by atoms with E-state index in [-0.39, 0.29) is 5.91 Å². The van der Waals surface area contributed by atoms with Crippen LogP contribution in [0.2, 0.25) is 0 Å². The number of hydrogen-bond donors (Lipinski definition) is 0. The van der Waals surface area contributed by atoms with Gasteiger partial charge in [-0.05, 0) is 94.3 Å². The predicted octanol–water partition coefficient (Wildman–Crippen LogP) is 4.93. The molecule has 29 heavy (non-hydrogen) atoms. The van der Waals surface area contributed by atoms with Crippen LogP contribution in [0.3, 0.4) is 0 Å². The third-order valence-electron chi connectivity index (χ3n) is 6.49. The Bertz CT molecular complexity index is 817. The zero-order valence-electron chi connectivity index (χ0n) is 17.9. The van der Waals surface area contributed by atoms with Crippen LogP contribution in [-0.4, -0.2) is 42.4 Å². The van der Waals surface area contributed by atoms with Crippen LogP contribution < -0.4 is 0 Å². The second-order valence-electron chi connectivity index (χ2n) is 9.27. The molecule has 1 saturated carbocycles. The number of piperidine rings is 1. The van der Waals surface area contributed by atoms with Crippen LogP contribution in [-0.2, 0) is 13.0 Å². The van der Waals surface area contributed by atoms with Crippen molar-refractivity contribution in [3.8, 4) is 0 Å². The summed E-state index contributed by atoms with van der Waals surface area (Å²) in [6.07, 6.45) is 6.30. The molecule has 1 aliphatic heterocycles. The highest BCUT2D eigenvalue weighted by molar-refractivity contribution is 5.94. The molecule has 154 valence electrons. The minimum absolute atomic E-state index is 0.163. The van der Waals surface area contributed by atoms with E-state index in [9.17, 15) is 4.79 Å². The summed E-state index contributed by atoms with van der Waals surface area (Å²) in [5, 5.41) is 0. The molecule has 0 aromatic heterocycles. The average molecular weight is 391 g/mol. The maximum absolute atomic E-state index is 13.1. The highest BCUT2D eigenvalue weighted by atomic mass is 16.2. The van der Waals surface area contributed by atoms with Gasteiger partial charge in [0.1, 0.15) is 0 Å². The van der Waals surface area contributed by atoms with Gasteiger partial charge in [-0.2, -0.15) is 0 Å². The van der Waals surface area contributed by atoms with Crippen LogP contribution in [0, 0.1) is 18.8 Å². The summed E-state index contributed by atoms with van der Waals surface area (Å²) in [6.45, 7) is 6.08. The van der Waals surface area contributed by atoms with Crippen molar-refractivity contribution < 1.29 is 4.79 Å². The first kappa shape index (κ1) is 20.2. The fourth-order valence-electron chi connectivity index (χ4n) is 4.39. The molecule has 0 atom stereocenters. The number of nitrogens with zero attached hydrogens (tertiary/aromatic N) is 2. The monoisotopic (exact) mass is 390 g/mol. The van der Waals surface area contributed by atoms with Crippen LogP contribution in [0.1, 0.15) is 52.7 Å². The molecule has 1 aliphatic carbocycles. The van der Waals surface area contributed by atoms with E-state index in [0.717, 1.165) is 23.6 Å². The summed E-state index contributed by atoms with van der Waals surface area (Å²) < 4.78 is 0. The third-order valence-corrected chi connectivity index (χ3v) is 6.49. The SMILES string of the molecule is Cc1cccc(C(=O)N(Cc2ccc(CC3CCN(C)CC3)cc2)CC2CC2)c1. The zero-order chi connectivity index (χ0) is 20.2. The van der Waals surface area contributed by atoms with Gasteiger partial charge in [0.15, 0.2) is 0 Å². The molecule has 3 heteroatoms. The number of aryl methyl sites for hydroxylation is 1. The fourth-order valence-corrected chi connectivity index (χ4v) is 4.39. The first-order valence-corrected chi connectivity index (χ1v) is 11.2. The fraction of sp³-hybridized carbons (Fsp3) is 0.500. The molecule has 1 saturated heterocycles. The van der Waals surface area contributed by atoms with Gasteiger partial charge >= 0.3 is 0 Å². The van der Waals surface area contributed by atoms with Crippen molar-refractivity contribution in [2.45, 2.75) is 45.6 Å². The largest absolute Gasteiger partial charge is 0.334 e. The summed E-state index contributed by atoms with van der Waals surface area (Å²) in [7, 11) is 2.22. The maximum Gasteiger partial charge on any atom is 0.254 e. The lowest BCUT2D eigenvalue weighted by atomic mass is 9.90. The molecule has 2 aromatic carbocycles. The van der Waals surface area contributed by atoms with Gasteiger partial charge in [-0.3, -0.25) is 4.79 Å². The lowest BCUT2D eigenvalue weighted by molar-refractivity contribution is 0.0735. The Morgan fingerprint density at radius 1 is 0.966 bits per heavy atom. The van der Waals surface area contributed by atoms with Gasteiger partial charge in [0.25, 0.3) is 5.91 Å².